The van der Waals surface area contributed by atoms with Gasteiger partial charge in [0.1, 0.15) is 0 Å². The molecule has 3 heterocycles. The Bertz CT molecular complexity index is 824. The Morgan fingerprint density at radius 1 is 1.10 bits per heavy atom. The molecular weight excluding hydrogens is 376 g/mol. The van der Waals surface area contributed by atoms with Gasteiger partial charge in [0.2, 0.25) is 5.91 Å². The van der Waals surface area contributed by atoms with Crippen LogP contribution in [-0.2, 0) is 36.0 Å². The van der Waals surface area contributed by atoms with Crippen LogP contribution in [0.25, 0.3) is 0 Å². The lowest BCUT2D eigenvalue weighted by molar-refractivity contribution is -0.132. The number of benzene rings is 1. The van der Waals surface area contributed by atoms with Crippen LogP contribution in [-0.4, -0.2) is 64.7 Å². The van der Waals surface area contributed by atoms with Crippen molar-refractivity contribution in [2.75, 3.05) is 33.3 Å². The number of piperidine rings is 1. The van der Waals surface area contributed by atoms with Gasteiger partial charge >= 0.3 is 0 Å². The Kier molecular flexibility index (Phi) is 6.85. The van der Waals surface area contributed by atoms with Crippen molar-refractivity contribution in [3.63, 3.8) is 0 Å². The Morgan fingerprint density at radius 2 is 1.83 bits per heavy atom. The lowest BCUT2D eigenvalue weighted by atomic mass is 9.97. The third-order valence-corrected chi connectivity index (χ3v) is 6.70. The first-order chi connectivity index (χ1) is 14.6. The minimum atomic E-state index is 0.235. The zero-order chi connectivity index (χ0) is 20.9. The maximum Gasteiger partial charge on any atom is 0.226 e. The van der Waals surface area contributed by atoms with E-state index in [-0.39, 0.29) is 5.91 Å². The molecule has 1 aromatic heterocycles. The molecule has 0 aliphatic carbocycles. The minimum Gasteiger partial charge on any atom is -0.381 e. The largest absolute Gasteiger partial charge is 0.381 e. The van der Waals surface area contributed by atoms with Gasteiger partial charge in [-0.15, -0.1) is 0 Å². The molecule has 2 aromatic rings. The number of hydrogen-bond acceptors (Lipinski definition) is 4. The molecule has 2 aliphatic rings. The van der Waals surface area contributed by atoms with E-state index in [2.05, 4.69) is 45.8 Å². The molecule has 0 radical (unpaired) electrons. The molecule has 1 unspecified atom stereocenters. The molecule has 1 aromatic carbocycles. The maximum atomic E-state index is 12.6. The highest BCUT2D eigenvalue weighted by atomic mass is 16.5. The van der Waals surface area contributed by atoms with Gasteiger partial charge in [-0.25, -0.2) is 4.98 Å². The Balaban J connectivity index is 1.23. The van der Waals surface area contributed by atoms with E-state index in [0.29, 0.717) is 18.4 Å². The van der Waals surface area contributed by atoms with Gasteiger partial charge in [-0.1, -0.05) is 24.3 Å². The van der Waals surface area contributed by atoms with E-state index in [0.717, 1.165) is 57.5 Å². The average Bonchev–Trinajstić information content (AvgIpc) is 3.38. The minimum absolute atomic E-state index is 0.235. The second kappa shape index (κ2) is 9.75. The number of amides is 1. The summed E-state index contributed by atoms with van der Waals surface area (Å²) in [7, 11) is 3.82. The van der Waals surface area contributed by atoms with Gasteiger partial charge in [0.25, 0.3) is 0 Å². The molecular formula is C24H34N4O2. The van der Waals surface area contributed by atoms with Crippen LogP contribution in [0, 0.1) is 5.92 Å². The molecule has 6 nitrogen and oxygen atoms in total. The summed E-state index contributed by atoms with van der Waals surface area (Å²) >= 11 is 0. The SMILES string of the molecule is COC1CCN(C(=O)Cc2ccc(CC3CCN(Cc4cncn4C)C3)cc2)CC1. The third kappa shape index (κ3) is 5.29. The third-order valence-electron chi connectivity index (χ3n) is 6.70. The van der Waals surface area contributed by atoms with Crippen molar-refractivity contribution >= 4 is 5.91 Å². The van der Waals surface area contributed by atoms with Crippen molar-refractivity contribution in [3.8, 4) is 0 Å². The number of rotatable bonds is 7. The van der Waals surface area contributed by atoms with Gasteiger partial charge in [0.05, 0.1) is 24.5 Å². The number of ether oxygens (including phenoxy) is 1. The number of imidazole rings is 1. The van der Waals surface area contributed by atoms with Gasteiger partial charge < -0.3 is 14.2 Å². The highest BCUT2D eigenvalue weighted by molar-refractivity contribution is 5.78. The second-order valence-corrected chi connectivity index (χ2v) is 8.90. The van der Waals surface area contributed by atoms with Crippen LogP contribution >= 0.6 is 0 Å². The number of carbonyl (C=O) groups is 1. The van der Waals surface area contributed by atoms with Crippen molar-refractivity contribution in [1.82, 2.24) is 19.4 Å². The van der Waals surface area contributed by atoms with Crippen LogP contribution in [0.4, 0.5) is 0 Å². The van der Waals surface area contributed by atoms with Gasteiger partial charge in [-0.2, -0.15) is 0 Å². The van der Waals surface area contributed by atoms with Crippen molar-refractivity contribution < 1.29 is 9.53 Å². The highest BCUT2D eigenvalue weighted by Crippen LogP contribution is 2.23. The zero-order valence-corrected chi connectivity index (χ0v) is 18.3. The summed E-state index contributed by atoms with van der Waals surface area (Å²) in [6.07, 6.45) is 8.89. The van der Waals surface area contributed by atoms with Gasteiger partial charge in [0.15, 0.2) is 0 Å². The predicted molar refractivity (Wildman–Crippen MR) is 117 cm³/mol. The molecule has 2 aliphatic heterocycles. The molecule has 0 N–H and O–H groups in total. The van der Waals surface area contributed by atoms with Crippen LogP contribution in [0.1, 0.15) is 36.1 Å². The molecule has 2 fully saturated rings. The highest BCUT2D eigenvalue weighted by Gasteiger charge is 2.24. The molecule has 0 saturated carbocycles. The summed E-state index contributed by atoms with van der Waals surface area (Å²) in [6.45, 7) is 4.90. The predicted octanol–water partition coefficient (Wildman–Crippen LogP) is 2.66. The number of aromatic nitrogens is 2. The fourth-order valence-corrected chi connectivity index (χ4v) is 4.74. The van der Waals surface area contributed by atoms with E-state index in [4.69, 9.17) is 4.74 Å². The molecule has 0 spiro atoms. The first kappa shape index (κ1) is 21.1. The lowest BCUT2D eigenvalue weighted by Crippen LogP contribution is -2.41. The summed E-state index contributed by atoms with van der Waals surface area (Å²) in [5, 5.41) is 0. The first-order valence-corrected chi connectivity index (χ1v) is 11.2. The Labute approximate surface area is 179 Å². The topological polar surface area (TPSA) is 50.6 Å². The van der Waals surface area contributed by atoms with Crippen LogP contribution in [0.5, 0.6) is 0 Å². The van der Waals surface area contributed by atoms with Crippen LogP contribution in [0.3, 0.4) is 0 Å². The normalized spacial score (nSPS) is 20.7. The number of aryl methyl sites for hydroxylation is 1. The van der Waals surface area contributed by atoms with E-state index in [9.17, 15) is 4.79 Å². The van der Waals surface area contributed by atoms with Gasteiger partial charge in [-0.05, 0) is 49.3 Å². The summed E-state index contributed by atoms with van der Waals surface area (Å²) < 4.78 is 7.50. The first-order valence-electron chi connectivity index (χ1n) is 11.2. The average molecular weight is 411 g/mol. The molecule has 0 bridgehead atoms. The zero-order valence-electron chi connectivity index (χ0n) is 18.3. The van der Waals surface area contributed by atoms with Crippen molar-refractivity contribution in [1.29, 1.82) is 0 Å². The molecule has 1 atom stereocenters. The van der Waals surface area contributed by atoms with E-state index in [1.807, 2.05) is 17.4 Å². The molecule has 162 valence electrons. The quantitative estimate of drug-likeness (QED) is 0.704. The van der Waals surface area contributed by atoms with Crippen molar-refractivity contribution in [2.45, 2.75) is 44.8 Å². The summed E-state index contributed by atoms with van der Waals surface area (Å²) in [6, 6.07) is 8.70. The summed E-state index contributed by atoms with van der Waals surface area (Å²) in [4.78, 5) is 21.3. The fraction of sp³-hybridized carbons (Fsp3) is 0.583. The van der Waals surface area contributed by atoms with E-state index < -0.39 is 0 Å². The maximum absolute atomic E-state index is 12.6. The Morgan fingerprint density at radius 3 is 2.50 bits per heavy atom. The number of methoxy groups -OCH3 is 1. The fourth-order valence-electron chi connectivity index (χ4n) is 4.74. The number of nitrogens with zero attached hydrogens (tertiary/aromatic N) is 4. The lowest BCUT2D eigenvalue weighted by Gasteiger charge is -2.31. The van der Waals surface area contributed by atoms with Crippen molar-refractivity contribution in [2.24, 2.45) is 13.0 Å². The molecule has 30 heavy (non-hydrogen) atoms. The number of likely N-dealkylation sites (tertiary alicyclic amines) is 2. The molecule has 4 rings (SSSR count). The smallest absolute Gasteiger partial charge is 0.226 e. The summed E-state index contributed by atoms with van der Waals surface area (Å²) in [5.74, 6) is 0.937. The van der Waals surface area contributed by atoms with Crippen LogP contribution in [0.2, 0.25) is 0 Å². The standard InChI is InChI=1S/C24H34N4O2/c1-26-18-25-15-22(26)17-27-10-7-21(16-27)13-19-3-5-20(6-4-19)14-24(29)28-11-8-23(30-2)9-12-28/h3-6,15,18,21,23H,7-14,16-17H2,1-2H3. The molecule has 6 heteroatoms. The van der Waals surface area contributed by atoms with Crippen molar-refractivity contribution in [3.05, 3.63) is 53.6 Å². The number of hydrogen-bond donors (Lipinski definition) is 0. The van der Waals surface area contributed by atoms with Gasteiger partial charge in [-0.3, -0.25) is 9.69 Å². The van der Waals surface area contributed by atoms with Gasteiger partial charge in [0, 0.05) is 46.5 Å². The second-order valence-electron chi connectivity index (χ2n) is 8.90. The molecule has 2 saturated heterocycles. The van der Waals surface area contributed by atoms with Crippen LogP contribution in [0.15, 0.2) is 36.8 Å². The Hall–Kier alpha value is -2.18. The molecule has 1 amide bonds. The van der Waals surface area contributed by atoms with Crippen LogP contribution < -0.4 is 0 Å². The van der Waals surface area contributed by atoms with E-state index in [1.165, 1.54) is 17.7 Å². The monoisotopic (exact) mass is 410 g/mol. The summed E-state index contributed by atoms with van der Waals surface area (Å²) in [5.41, 5.74) is 3.76. The number of carbonyl (C=O) groups excluding carboxylic acids is 1. The van der Waals surface area contributed by atoms with E-state index in [1.54, 1.807) is 7.11 Å². The van der Waals surface area contributed by atoms with E-state index >= 15 is 0 Å².